The van der Waals surface area contributed by atoms with Gasteiger partial charge >= 0.3 is 6.18 Å². The Labute approximate surface area is 131 Å². The van der Waals surface area contributed by atoms with Crippen molar-refractivity contribution in [3.8, 4) is 0 Å². The highest BCUT2D eigenvalue weighted by Crippen LogP contribution is 2.21. The maximum absolute atomic E-state index is 12.4. The average molecular weight is 330 g/mol. The lowest BCUT2D eigenvalue weighted by molar-refractivity contribution is -0.157. The number of rotatable bonds is 4. The Bertz CT molecular complexity index is 604. The first-order chi connectivity index (χ1) is 10.7. The van der Waals surface area contributed by atoms with Crippen LogP contribution in [0.25, 0.3) is 0 Å². The normalized spacial score (nSPS) is 18.2. The Morgan fingerprint density at radius 2 is 2.17 bits per heavy atom. The third-order valence-corrected chi connectivity index (χ3v) is 3.44. The highest BCUT2D eigenvalue weighted by molar-refractivity contribution is 5.98. The molecular weight excluding hydrogens is 313 g/mol. The van der Waals surface area contributed by atoms with Crippen molar-refractivity contribution in [1.82, 2.24) is 15.2 Å². The number of carbonyl (C=O) groups is 2. The number of likely N-dealkylation sites (tertiary alicyclic amines) is 1. The molecular formula is C14H17F3N4O2. The number of carbonyl (C=O) groups excluding carboxylic acids is 2. The van der Waals surface area contributed by atoms with Gasteiger partial charge in [-0.3, -0.25) is 9.59 Å². The van der Waals surface area contributed by atoms with Crippen molar-refractivity contribution in [1.29, 1.82) is 0 Å². The molecule has 126 valence electrons. The van der Waals surface area contributed by atoms with Crippen LogP contribution in [0.3, 0.4) is 0 Å². The fourth-order valence-corrected chi connectivity index (χ4v) is 2.29. The highest BCUT2D eigenvalue weighted by Gasteiger charge is 2.39. The minimum Gasteiger partial charge on any atom is -0.363 e. The minimum absolute atomic E-state index is 0.0252. The summed E-state index contributed by atoms with van der Waals surface area (Å²) in [4.78, 5) is 30.6. The van der Waals surface area contributed by atoms with Gasteiger partial charge < -0.3 is 15.1 Å². The summed E-state index contributed by atoms with van der Waals surface area (Å²) < 4.78 is 37.1. The second-order valence-corrected chi connectivity index (χ2v) is 5.49. The summed E-state index contributed by atoms with van der Waals surface area (Å²) in [7, 11) is 3.53. The summed E-state index contributed by atoms with van der Waals surface area (Å²) in [5.41, 5.74) is 0.297. The molecule has 0 radical (unpaired) electrons. The van der Waals surface area contributed by atoms with E-state index in [1.165, 1.54) is 12.3 Å². The van der Waals surface area contributed by atoms with Crippen LogP contribution < -0.4 is 10.2 Å². The molecule has 6 nitrogen and oxygen atoms in total. The molecule has 0 saturated carbocycles. The molecule has 1 aliphatic rings. The van der Waals surface area contributed by atoms with Gasteiger partial charge in [0.2, 0.25) is 5.91 Å². The van der Waals surface area contributed by atoms with Crippen molar-refractivity contribution >= 4 is 17.6 Å². The number of aromatic nitrogens is 1. The molecule has 0 spiro atoms. The number of hydrogen-bond acceptors (Lipinski definition) is 4. The number of nitrogens with zero attached hydrogens (tertiary/aromatic N) is 3. The zero-order valence-corrected chi connectivity index (χ0v) is 12.7. The molecule has 2 heterocycles. The summed E-state index contributed by atoms with van der Waals surface area (Å²) >= 11 is 0. The lowest BCUT2D eigenvalue weighted by atomic mass is 10.2. The molecule has 1 saturated heterocycles. The molecule has 1 fully saturated rings. The minimum atomic E-state index is -4.44. The SMILES string of the molecule is CN(C)c1cc(C(=O)N[C@H]2CCN(CC(F)(F)F)C2=O)ccn1. The van der Waals surface area contributed by atoms with E-state index in [9.17, 15) is 22.8 Å². The van der Waals surface area contributed by atoms with E-state index >= 15 is 0 Å². The number of alkyl halides is 3. The van der Waals surface area contributed by atoms with Gasteiger partial charge in [0.1, 0.15) is 18.4 Å². The largest absolute Gasteiger partial charge is 0.406 e. The summed E-state index contributed by atoms with van der Waals surface area (Å²) in [6, 6.07) is 2.10. The van der Waals surface area contributed by atoms with Gasteiger partial charge in [-0.15, -0.1) is 0 Å². The van der Waals surface area contributed by atoms with Gasteiger partial charge in [-0.1, -0.05) is 0 Å². The van der Waals surface area contributed by atoms with Crippen LogP contribution in [0.15, 0.2) is 18.3 Å². The quantitative estimate of drug-likeness (QED) is 0.896. The molecule has 9 heteroatoms. The second kappa shape index (κ2) is 6.43. The van der Waals surface area contributed by atoms with E-state index in [-0.39, 0.29) is 13.0 Å². The Morgan fingerprint density at radius 3 is 2.78 bits per heavy atom. The summed E-state index contributed by atoms with van der Waals surface area (Å²) in [6.45, 7) is -1.32. The molecule has 0 aliphatic carbocycles. The molecule has 1 aliphatic heterocycles. The van der Waals surface area contributed by atoms with Crippen molar-refractivity contribution < 1.29 is 22.8 Å². The lowest BCUT2D eigenvalue weighted by Crippen LogP contribution is -2.43. The molecule has 0 aromatic carbocycles. The number of pyridine rings is 1. The third kappa shape index (κ3) is 4.33. The molecule has 2 amide bonds. The van der Waals surface area contributed by atoms with Crippen LogP contribution >= 0.6 is 0 Å². The Morgan fingerprint density at radius 1 is 1.48 bits per heavy atom. The fourth-order valence-electron chi connectivity index (χ4n) is 2.29. The van der Waals surface area contributed by atoms with E-state index in [4.69, 9.17) is 0 Å². The topological polar surface area (TPSA) is 65.5 Å². The zero-order valence-electron chi connectivity index (χ0n) is 12.7. The van der Waals surface area contributed by atoms with Crippen molar-refractivity contribution in [3.05, 3.63) is 23.9 Å². The maximum Gasteiger partial charge on any atom is 0.406 e. The van der Waals surface area contributed by atoms with E-state index in [2.05, 4.69) is 10.3 Å². The number of anilines is 1. The lowest BCUT2D eigenvalue weighted by Gasteiger charge is -2.18. The van der Waals surface area contributed by atoms with Crippen molar-refractivity contribution in [3.63, 3.8) is 0 Å². The van der Waals surface area contributed by atoms with Crippen molar-refractivity contribution in [2.75, 3.05) is 32.1 Å². The molecule has 1 atom stereocenters. The number of halogens is 3. The van der Waals surface area contributed by atoms with Crippen molar-refractivity contribution in [2.45, 2.75) is 18.6 Å². The number of amides is 2. The first kappa shape index (κ1) is 17.0. The molecule has 1 N–H and O–H groups in total. The fraction of sp³-hybridized carbons (Fsp3) is 0.500. The van der Waals surface area contributed by atoms with E-state index in [1.54, 1.807) is 25.1 Å². The van der Waals surface area contributed by atoms with Crippen LogP contribution in [0, 0.1) is 0 Å². The van der Waals surface area contributed by atoms with Gasteiger partial charge in [0, 0.05) is 32.4 Å². The molecule has 23 heavy (non-hydrogen) atoms. The van der Waals surface area contributed by atoms with Crippen LogP contribution in [0.4, 0.5) is 19.0 Å². The number of nitrogens with one attached hydrogen (secondary N) is 1. The maximum atomic E-state index is 12.4. The van der Waals surface area contributed by atoms with Gasteiger partial charge in [-0.25, -0.2) is 4.98 Å². The first-order valence-electron chi connectivity index (χ1n) is 6.97. The van der Waals surface area contributed by atoms with E-state index < -0.39 is 30.6 Å². The van der Waals surface area contributed by atoms with Crippen LogP contribution in [0.1, 0.15) is 16.8 Å². The van der Waals surface area contributed by atoms with Gasteiger partial charge in [-0.2, -0.15) is 13.2 Å². The predicted molar refractivity (Wildman–Crippen MR) is 77.1 cm³/mol. The van der Waals surface area contributed by atoms with Crippen LogP contribution in [0.5, 0.6) is 0 Å². The van der Waals surface area contributed by atoms with E-state index in [1.807, 2.05) is 0 Å². The van der Waals surface area contributed by atoms with E-state index in [0.717, 1.165) is 0 Å². The summed E-state index contributed by atoms with van der Waals surface area (Å²) in [6.07, 6.45) is -2.83. The summed E-state index contributed by atoms with van der Waals surface area (Å²) in [5.74, 6) is -0.658. The number of hydrogen-bond donors (Lipinski definition) is 1. The van der Waals surface area contributed by atoms with Gasteiger partial charge in [0.05, 0.1) is 0 Å². The van der Waals surface area contributed by atoms with Crippen LogP contribution in [-0.4, -0.2) is 61.1 Å². The Hall–Kier alpha value is -2.32. The van der Waals surface area contributed by atoms with Crippen LogP contribution in [-0.2, 0) is 4.79 Å². The molecule has 1 aromatic rings. The Balaban J connectivity index is 2.01. The second-order valence-electron chi connectivity index (χ2n) is 5.49. The predicted octanol–water partition coefficient (Wildman–Crippen LogP) is 1.04. The molecule has 0 bridgehead atoms. The van der Waals surface area contributed by atoms with Gasteiger partial charge in [0.15, 0.2) is 0 Å². The monoisotopic (exact) mass is 330 g/mol. The third-order valence-electron chi connectivity index (χ3n) is 3.44. The average Bonchev–Trinajstić information content (AvgIpc) is 2.78. The smallest absolute Gasteiger partial charge is 0.363 e. The highest BCUT2D eigenvalue weighted by atomic mass is 19.4. The standard InChI is InChI=1S/C14H17F3N4O2/c1-20(2)11-7-9(3-5-18-11)12(22)19-10-4-6-21(13(10)23)8-14(15,16)17/h3,5,7,10H,4,6,8H2,1-2H3,(H,19,22)/t10-/m0/s1. The first-order valence-corrected chi connectivity index (χ1v) is 6.97. The van der Waals surface area contributed by atoms with E-state index in [0.29, 0.717) is 16.3 Å². The molecule has 0 unspecified atom stereocenters. The van der Waals surface area contributed by atoms with Gasteiger partial charge in [-0.05, 0) is 18.6 Å². The zero-order chi connectivity index (χ0) is 17.2. The molecule has 2 rings (SSSR count). The summed E-state index contributed by atoms with van der Waals surface area (Å²) in [5, 5.41) is 2.48. The van der Waals surface area contributed by atoms with Crippen molar-refractivity contribution in [2.24, 2.45) is 0 Å². The Kier molecular flexibility index (Phi) is 4.76. The van der Waals surface area contributed by atoms with Crippen LogP contribution in [0.2, 0.25) is 0 Å². The van der Waals surface area contributed by atoms with Gasteiger partial charge in [0.25, 0.3) is 5.91 Å². The molecule has 1 aromatic heterocycles.